The summed E-state index contributed by atoms with van der Waals surface area (Å²) in [7, 11) is 0. The predicted octanol–water partition coefficient (Wildman–Crippen LogP) is 3.13. The fourth-order valence-electron chi connectivity index (χ4n) is 3.37. The third-order valence-corrected chi connectivity index (χ3v) is 4.67. The molecule has 124 valence electrons. The van der Waals surface area contributed by atoms with Gasteiger partial charge in [0.05, 0.1) is 0 Å². The molecule has 1 fully saturated rings. The lowest BCUT2D eigenvalue weighted by atomic mass is 10.2. The van der Waals surface area contributed by atoms with Crippen LogP contribution in [-0.4, -0.2) is 28.1 Å². The molecule has 0 spiro atoms. The molecule has 1 saturated heterocycles. The van der Waals surface area contributed by atoms with Gasteiger partial charge in [-0.25, -0.2) is 4.79 Å². The molecule has 25 heavy (non-hydrogen) atoms. The van der Waals surface area contributed by atoms with Gasteiger partial charge in [-0.1, -0.05) is 12.1 Å². The minimum Gasteiger partial charge on any atom is -0.421 e. The van der Waals surface area contributed by atoms with E-state index in [1.165, 1.54) is 17.6 Å². The molecule has 0 aliphatic carbocycles. The second kappa shape index (κ2) is 5.44. The van der Waals surface area contributed by atoms with Gasteiger partial charge < -0.3 is 9.32 Å². The topological polar surface area (TPSA) is 64.2 Å². The van der Waals surface area contributed by atoms with Crippen LogP contribution in [-0.2, 0) is 0 Å². The van der Waals surface area contributed by atoms with Crippen LogP contribution in [0.1, 0.15) is 12.8 Å². The van der Waals surface area contributed by atoms with Gasteiger partial charge in [0, 0.05) is 30.2 Å². The standard InChI is InChI=1S/C19H16N4O2/c24-19-17(23-20-15-5-1-2-6-16(15)21-23)11-13-7-8-14(12-18(13)25-19)22-9-3-4-10-22/h1-2,5-8,11-12H,3-4,9-10H2. The molecular formula is C19H16N4O2. The maximum absolute atomic E-state index is 12.5. The van der Waals surface area contributed by atoms with Crippen LogP contribution in [0.4, 0.5) is 5.69 Å². The van der Waals surface area contributed by atoms with E-state index in [1.807, 2.05) is 36.4 Å². The zero-order valence-corrected chi connectivity index (χ0v) is 13.6. The van der Waals surface area contributed by atoms with Crippen molar-refractivity contribution in [3.63, 3.8) is 0 Å². The van der Waals surface area contributed by atoms with Crippen LogP contribution >= 0.6 is 0 Å². The second-order valence-corrected chi connectivity index (χ2v) is 6.31. The molecule has 0 bridgehead atoms. The molecule has 2 aromatic carbocycles. The average Bonchev–Trinajstić information content (AvgIpc) is 3.30. The summed E-state index contributed by atoms with van der Waals surface area (Å²) in [6, 6.07) is 15.3. The minimum atomic E-state index is -0.439. The monoisotopic (exact) mass is 332 g/mol. The summed E-state index contributed by atoms with van der Waals surface area (Å²) >= 11 is 0. The quantitative estimate of drug-likeness (QED) is 0.528. The Balaban J connectivity index is 1.63. The van der Waals surface area contributed by atoms with Crippen molar-refractivity contribution in [3.8, 4) is 5.69 Å². The third kappa shape index (κ3) is 2.38. The molecule has 0 atom stereocenters. The van der Waals surface area contributed by atoms with Gasteiger partial charge in [0.1, 0.15) is 16.6 Å². The predicted molar refractivity (Wildman–Crippen MR) is 96.4 cm³/mol. The lowest BCUT2D eigenvalue weighted by Crippen LogP contribution is -2.17. The van der Waals surface area contributed by atoms with Crippen molar-refractivity contribution in [2.75, 3.05) is 18.0 Å². The maximum atomic E-state index is 12.5. The molecule has 6 nitrogen and oxygen atoms in total. The van der Waals surface area contributed by atoms with E-state index in [0.29, 0.717) is 11.3 Å². The molecule has 0 N–H and O–H groups in total. The van der Waals surface area contributed by atoms with Gasteiger partial charge in [-0.2, -0.15) is 0 Å². The summed E-state index contributed by atoms with van der Waals surface area (Å²) in [5.74, 6) is 0. The largest absolute Gasteiger partial charge is 0.421 e. The first-order valence-corrected chi connectivity index (χ1v) is 8.43. The van der Waals surface area contributed by atoms with Gasteiger partial charge in [0.15, 0.2) is 5.69 Å². The molecule has 1 aliphatic heterocycles. The smallest absolute Gasteiger partial charge is 0.364 e. The molecule has 0 saturated carbocycles. The highest BCUT2D eigenvalue weighted by atomic mass is 16.4. The molecule has 3 heterocycles. The number of benzene rings is 2. The zero-order valence-electron chi connectivity index (χ0n) is 13.6. The zero-order chi connectivity index (χ0) is 16.8. The number of nitrogens with zero attached hydrogens (tertiary/aromatic N) is 4. The van der Waals surface area contributed by atoms with Gasteiger partial charge in [0.2, 0.25) is 0 Å². The summed E-state index contributed by atoms with van der Waals surface area (Å²) in [5, 5.41) is 9.60. The number of aromatic nitrogens is 3. The molecule has 4 aromatic rings. The van der Waals surface area contributed by atoms with Crippen LogP contribution in [0.3, 0.4) is 0 Å². The number of hydrogen-bond acceptors (Lipinski definition) is 5. The Morgan fingerprint density at radius 1 is 0.920 bits per heavy atom. The van der Waals surface area contributed by atoms with Crippen LogP contribution in [0.2, 0.25) is 0 Å². The first kappa shape index (κ1) is 14.2. The van der Waals surface area contributed by atoms with E-state index in [4.69, 9.17) is 4.42 Å². The third-order valence-electron chi connectivity index (χ3n) is 4.67. The van der Waals surface area contributed by atoms with Crippen molar-refractivity contribution in [2.24, 2.45) is 0 Å². The van der Waals surface area contributed by atoms with Crippen LogP contribution in [0.15, 0.2) is 57.7 Å². The van der Waals surface area contributed by atoms with Gasteiger partial charge in [-0.3, -0.25) is 0 Å². The summed E-state index contributed by atoms with van der Waals surface area (Å²) in [6.07, 6.45) is 2.42. The van der Waals surface area contributed by atoms with Crippen molar-refractivity contribution in [1.82, 2.24) is 15.0 Å². The summed E-state index contributed by atoms with van der Waals surface area (Å²) in [6.45, 7) is 2.11. The summed E-state index contributed by atoms with van der Waals surface area (Å²) in [4.78, 5) is 16.1. The molecule has 5 rings (SSSR count). The van der Waals surface area contributed by atoms with Crippen LogP contribution in [0.5, 0.6) is 0 Å². The van der Waals surface area contributed by atoms with Gasteiger partial charge in [-0.15, -0.1) is 15.0 Å². The maximum Gasteiger partial charge on any atom is 0.364 e. The Labute approximate surface area is 143 Å². The SMILES string of the molecule is O=c1oc2cc(N3CCCC3)ccc2cc1-n1nc2ccccc2n1. The Morgan fingerprint density at radius 3 is 2.36 bits per heavy atom. The fraction of sp³-hybridized carbons (Fsp3) is 0.211. The highest BCUT2D eigenvalue weighted by Gasteiger charge is 2.15. The van der Waals surface area contributed by atoms with E-state index in [9.17, 15) is 4.79 Å². The molecule has 2 aromatic heterocycles. The Hall–Kier alpha value is -3.15. The van der Waals surface area contributed by atoms with Crippen LogP contribution in [0, 0.1) is 0 Å². The normalized spacial score (nSPS) is 14.6. The highest BCUT2D eigenvalue weighted by molar-refractivity contribution is 5.82. The van der Waals surface area contributed by atoms with E-state index in [-0.39, 0.29) is 0 Å². The number of anilines is 1. The first-order valence-electron chi connectivity index (χ1n) is 8.43. The lowest BCUT2D eigenvalue weighted by molar-refractivity contribution is 0.546. The average molecular weight is 332 g/mol. The molecule has 1 aliphatic rings. The van der Waals surface area contributed by atoms with E-state index in [1.54, 1.807) is 6.07 Å². The van der Waals surface area contributed by atoms with E-state index < -0.39 is 5.63 Å². The highest BCUT2D eigenvalue weighted by Crippen LogP contribution is 2.25. The van der Waals surface area contributed by atoms with Crippen LogP contribution in [0.25, 0.3) is 27.7 Å². The Morgan fingerprint density at radius 2 is 1.64 bits per heavy atom. The Kier molecular flexibility index (Phi) is 3.09. The van der Waals surface area contributed by atoms with Crippen molar-refractivity contribution in [1.29, 1.82) is 0 Å². The van der Waals surface area contributed by atoms with E-state index >= 15 is 0 Å². The number of fused-ring (bicyclic) bond motifs is 2. The van der Waals surface area contributed by atoms with Gasteiger partial charge in [-0.05, 0) is 43.2 Å². The van der Waals surface area contributed by atoms with Crippen molar-refractivity contribution >= 4 is 27.7 Å². The number of hydrogen-bond donors (Lipinski definition) is 0. The lowest BCUT2D eigenvalue weighted by Gasteiger charge is -2.17. The minimum absolute atomic E-state index is 0.317. The fourth-order valence-corrected chi connectivity index (χ4v) is 3.37. The molecular weight excluding hydrogens is 316 g/mol. The Bertz CT molecular complexity index is 1110. The second-order valence-electron chi connectivity index (χ2n) is 6.31. The van der Waals surface area contributed by atoms with E-state index in [2.05, 4.69) is 21.2 Å². The van der Waals surface area contributed by atoms with Gasteiger partial charge >= 0.3 is 5.63 Å². The molecule has 0 amide bonds. The van der Waals surface area contributed by atoms with Crippen molar-refractivity contribution in [3.05, 3.63) is 59.0 Å². The number of rotatable bonds is 2. The van der Waals surface area contributed by atoms with Crippen molar-refractivity contribution < 1.29 is 4.42 Å². The van der Waals surface area contributed by atoms with Crippen molar-refractivity contribution in [2.45, 2.75) is 12.8 Å². The summed E-state index contributed by atoms with van der Waals surface area (Å²) < 4.78 is 5.56. The van der Waals surface area contributed by atoms with Gasteiger partial charge in [0.25, 0.3) is 0 Å². The molecule has 0 unspecified atom stereocenters. The summed E-state index contributed by atoms with van der Waals surface area (Å²) in [5.41, 5.74) is 3.06. The molecule has 0 radical (unpaired) electrons. The van der Waals surface area contributed by atoms with E-state index in [0.717, 1.165) is 35.2 Å². The first-order chi connectivity index (χ1) is 12.3. The van der Waals surface area contributed by atoms with Crippen LogP contribution < -0.4 is 10.5 Å². The molecule has 6 heteroatoms.